The fourth-order valence-electron chi connectivity index (χ4n) is 2.19. The Morgan fingerprint density at radius 2 is 1.81 bits per heavy atom. The van der Waals surface area contributed by atoms with E-state index in [4.69, 9.17) is 10.8 Å². The lowest BCUT2D eigenvalue weighted by Crippen LogP contribution is -2.66. The molecule has 0 amide bonds. The fraction of sp³-hybridized carbons (Fsp3) is 0.538. The van der Waals surface area contributed by atoms with Crippen LogP contribution in [-0.2, 0) is 13.2 Å². The molecule has 16 heavy (non-hydrogen) atoms. The maximum atomic E-state index is 8.94. The quantitative estimate of drug-likeness (QED) is 0.799. The fourth-order valence-corrected chi connectivity index (χ4v) is 2.19. The van der Waals surface area contributed by atoms with E-state index >= 15 is 0 Å². The summed E-state index contributed by atoms with van der Waals surface area (Å²) in [6.45, 7) is 5.21. The molecule has 1 aliphatic heterocycles. The zero-order valence-corrected chi connectivity index (χ0v) is 9.82. The molecule has 88 valence electrons. The molecule has 2 rings (SSSR count). The van der Waals surface area contributed by atoms with Gasteiger partial charge in [-0.2, -0.15) is 0 Å². The van der Waals surface area contributed by atoms with Gasteiger partial charge in [0.05, 0.1) is 6.61 Å². The van der Waals surface area contributed by atoms with Gasteiger partial charge in [0.1, 0.15) is 0 Å². The molecule has 1 aromatic carbocycles. The van der Waals surface area contributed by atoms with Crippen molar-refractivity contribution in [1.82, 2.24) is 4.90 Å². The Bertz CT molecular complexity index is 341. The molecule has 0 saturated carbocycles. The van der Waals surface area contributed by atoms with Crippen LogP contribution >= 0.6 is 0 Å². The zero-order chi connectivity index (χ0) is 11.6. The van der Waals surface area contributed by atoms with Crippen LogP contribution in [0.4, 0.5) is 0 Å². The highest BCUT2D eigenvalue weighted by molar-refractivity contribution is 5.22. The Hall–Kier alpha value is -0.900. The molecule has 1 aromatic rings. The number of likely N-dealkylation sites (tertiary alicyclic amines) is 1. The van der Waals surface area contributed by atoms with Crippen molar-refractivity contribution < 1.29 is 5.11 Å². The highest BCUT2D eigenvalue weighted by Crippen LogP contribution is 2.23. The van der Waals surface area contributed by atoms with Gasteiger partial charge in [-0.25, -0.2) is 0 Å². The second-order valence-corrected chi connectivity index (χ2v) is 4.84. The van der Waals surface area contributed by atoms with E-state index in [1.807, 2.05) is 12.1 Å². The normalized spacial score (nSPS) is 19.4. The predicted octanol–water partition coefficient (Wildman–Crippen LogP) is 1.10. The lowest BCUT2D eigenvalue weighted by atomic mass is 9.88. The van der Waals surface area contributed by atoms with Crippen molar-refractivity contribution in [2.24, 2.45) is 5.73 Å². The number of aliphatic hydroxyl groups is 1. The maximum absolute atomic E-state index is 8.94. The molecule has 1 fully saturated rings. The molecular formula is C13H20N2O. The largest absolute Gasteiger partial charge is 0.392 e. The van der Waals surface area contributed by atoms with Crippen molar-refractivity contribution in [3.8, 4) is 0 Å². The van der Waals surface area contributed by atoms with Crippen molar-refractivity contribution >= 4 is 0 Å². The van der Waals surface area contributed by atoms with Crippen LogP contribution in [0.2, 0.25) is 0 Å². The first kappa shape index (κ1) is 11.6. The molecule has 3 nitrogen and oxygen atoms in total. The van der Waals surface area contributed by atoms with Gasteiger partial charge in [-0.05, 0) is 17.5 Å². The number of nitrogens with zero attached hydrogens (tertiary/aromatic N) is 1. The van der Waals surface area contributed by atoms with E-state index in [2.05, 4.69) is 24.0 Å². The van der Waals surface area contributed by atoms with Crippen LogP contribution < -0.4 is 5.73 Å². The van der Waals surface area contributed by atoms with Crippen molar-refractivity contribution in [1.29, 1.82) is 0 Å². The van der Waals surface area contributed by atoms with E-state index in [1.54, 1.807) is 0 Å². The van der Waals surface area contributed by atoms with E-state index < -0.39 is 0 Å². The number of hydrogen-bond donors (Lipinski definition) is 2. The summed E-state index contributed by atoms with van der Waals surface area (Å²) in [5.74, 6) is 0. The molecule has 0 atom stereocenters. The molecule has 0 radical (unpaired) electrons. The van der Waals surface area contributed by atoms with Gasteiger partial charge in [0.25, 0.3) is 0 Å². The van der Waals surface area contributed by atoms with Crippen LogP contribution in [0.3, 0.4) is 0 Å². The van der Waals surface area contributed by atoms with E-state index in [0.717, 1.165) is 31.6 Å². The zero-order valence-electron chi connectivity index (χ0n) is 9.82. The molecule has 1 saturated heterocycles. The lowest BCUT2D eigenvalue weighted by Gasteiger charge is -2.47. The third kappa shape index (κ3) is 2.43. The highest BCUT2D eigenvalue weighted by Gasteiger charge is 2.37. The summed E-state index contributed by atoms with van der Waals surface area (Å²) in [4.78, 5) is 2.36. The predicted molar refractivity (Wildman–Crippen MR) is 64.9 cm³/mol. The Labute approximate surface area is 96.9 Å². The van der Waals surface area contributed by atoms with E-state index in [1.165, 1.54) is 5.56 Å². The topological polar surface area (TPSA) is 49.5 Å². The number of hydrogen-bond acceptors (Lipinski definition) is 3. The molecule has 1 heterocycles. The number of benzene rings is 1. The second kappa shape index (κ2) is 4.53. The van der Waals surface area contributed by atoms with E-state index in [-0.39, 0.29) is 12.1 Å². The minimum atomic E-state index is 0.0467. The molecule has 1 aliphatic rings. The molecule has 3 N–H and O–H groups in total. The Morgan fingerprint density at radius 3 is 2.31 bits per heavy atom. The summed E-state index contributed by atoms with van der Waals surface area (Å²) in [5, 5.41) is 8.94. The molecule has 0 aliphatic carbocycles. The number of rotatable bonds is 4. The SMILES string of the molecule is CCC1(N)CN(Cc2ccc(CO)cc2)C1. The van der Waals surface area contributed by atoms with E-state index in [9.17, 15) is 0 Å². The highest BCUT2D eigenvalue weighted by atomic mass is 16.3. The van der Waals surface area contributed by atoms with Crippen LogP contribution in [0.1, 0.15) is 24.5 Å². The smallest absolute Gasteiger partial charge is 0.0681 e. The number of nitrogens with two attached hydrogens (primary N) is 1. The first-order chi connectivity index (χ1) is 7.65. The van der Waals surface area contributed by atoms with Gasteiger partial charge < -0.3 is 10.8 Å². The van der Waals surface area contributed by atoms with E-state index in [0.29, 0.717) is 0 Å². The summed E-state index contributed by atoms with van der Waals surface area (Å²) < 4.78 is 0. The van der Waals surface area contributed by atoms with Gasteiger partial charge in [-0.3, -0.25) is 4.90 Å². The summed E-state index contributed by atoms with van der Waals surface area (Å²) >= 11 is 0. The second-order valence-electron chi connectivity index (χ2n) is 4.84. The summed E-state index contributed by atoms with van der Waals surface area (Å²) in [6, 6.07) is 8.11. The minimum Gasteiger partial charge on any atom is -0.392 e. The average Bonchev–Trinajstić information content (AvgIpc) is 2.28. The average molecular weight is 220 g/mol. The van der Waals surface area contributed by atoms with Gasteiger partial charge in [-0.15, -0.1) is 0 Å². The third-order valence-electron chi connectivity index (χ3n) is 3.39. The van der Waals surface area contributed by atoms with Crippen LogP contribution in [0, 0.1) is 0 Å². The summed E-state index contributed by atoms with van der Waals surface area (Å²) in [6.07, 6.45) is 1.05. The first-order valence-electron chi connectivity index (χ1n) is 5.85. The van der Waals surface area contributed by atoms with Crippen molar-refractivity contribution in [3.63, 3.8) is 0 Å². The lowest BCUT2D eigenvalue weighted by molar-refractivity contribution is 0.0607. The first-order valence-corrected chi connectivity index (χ1v) is 5.85. The van der Waals surface area contributed by atoms with Crippen molar-refractivity contribution in [2.75, 3.05) is 13.1 Å². The molecule has 3 heteroatoms. The van der Waals surface area contributed by atoms with Crippen LogP contribution in [0.15, 0.2) is 24.3 Å². The summed E-state index contributed by atoms with van der Waals surface area (Å²) in [7, 11) is 0. The summed E-state index contributed by atoms with van der Waals surface area (Å²) in [5.41, 5.74) is 8.42. The number of aliphatic hydroxyl groups excluding tert-OH is 1. The van der Waals surface area contributed by atoms with Crippen LogP contribution in [-0.4, -0.2) is 28.6 Å². The molecule has 0 unspecified atom stereocenters. The monoisotopic (exact) mass is 220 g/mol. The van der Waals surface area contributed by atoms with Crippen molar-refractivity contribution in [3.05, 3.63) is 35.4 Å². The Morgan fingerprint density at radius 1 is 1.25 bits per heavy atom. The van der Waals surface area contributed by atoms with Crippen molar-refractivity contribution in [2.45, 2.75) is 32.0 Å². The van der Waals surface area contributed by atoms with Gasteiger partial charge in [-0.1, -0.05) is 31.2 Å². The minimum absolute atomic E-state index is 0.0467. The van der Waals surface area contributed by atoms with Gasteiger partial charge in [0, 0.05) is 25.2 Å². The molecular weight excluding hydrogens is 200 g/mol. The van der Waals surface area contributed by atoms with Crippen LogP contribution in [0.25, 0.3) is 0 Å². The van der Waals surface area contributed by atoms with Gasteiger partial charge in [0.15, 0.2) is 0 Å². The standard InChI is InChI=1S/C13H20N2O/c1-2-13(14)9-15(10-13)7-11-3-5-12(8-16)6-4-11/h3-6,16H,2,7-10,14H2,1H3. The molecule has 0 spiro atoms. The Kier molecular flexibility index (Phi) is 3.28. The molecule has 0 aromatic heterocycles. The molecule has 0 bridgehead atoms. The van der Waals surface area contributed by atoms with Crippen LogP contribution in [0.5, 0.6) is 0 Å². The third-order valence-corrected chi connectivity index (χ3v) is 3.39. The van der Waals surface area contributed by atoms with Gasteiger partial charge in [0.2, 0.25) is 0 Å². The Balaban J connectivity index is 1.87. The van der Waals surface area contributed by atoms with Gasteiger partial charge >= 0.3 is 0 Å². The maximum Gasteiger partial charge on any atom is 0.0681 e.